The molecule has 32 heavy (non-hydrogen) atoms. The molecule has 0 saturated carbocycles. The maximum absolute atomic E-state index is 13.3. The van der Waals surface area contributed by atoms with E-state index in [2.05, 4.69) is 28.2 Å². The smallest absolute Gasteiger partial charge is 0.257 e. The molecule has 8 heteroatoms. The summed E-state index contributed by atoms with van der Waals surface area (Å²) < 4.78 is 5.54. The molecule has 2 aliphatic rings. The highest BCUT2D eigenvalue weighted by molar-refractivity contribution is 6.32. The Kier molecular flexibility index (Phi) is 6.29. The minimum absolute atomic E-state index is 0.0448. The molecule has 2 aromatic rings. The number of anilines is 1. The number of amides is 2. The third-order valence-electron chi connectivity index (χ3n) is 6.39. The number of carbonyl (C=O) groups is 2. The normalized spacial score (nSPS) is 21.0. The van der Waals surface area contributed by atoms with Crippen molar-refractivity contribution in [2.75, 3.05) is 44.7 Å². The molecule has 170 valence electrons. The standard InChI is InChI=1S/C24H29ClN4O3/c1-14-9-15(2)22(26-12-14)28-5-7-29(8-6-28)24(31)18-10-19(25)17(11-20(18)32-4)21-16(3)13-27-23(21)30/h9-12,16,21H,5-8,13H2,1-4H3,(H,27,30)/t16?,21-/m1/s1. The maximum Gasteiger partial charge on any atom is 0.257 e. The number of nitrogens with one attached hydrogen (secondary N) is 1. The first kappa shape index (κ1) is 22.4. The number of aromatic nitrogens is 1. The van der Waals surface area contributed by atoms with Gasteiger partial charge < -0.3 is 19.9 Å². The molecule has 7 nitrogen and oxygen atoms in total. The van der Waals surface area contributed by atoms with Crippen LogP contribution in [-0.2, 0) is 4.79 Å². The molecule has 0 bridgehead atoms. The highest BCUT2D eigenvalue weighted by Gasteiger charge is 2.35. The van der Waals surface area contributed by atoms with Gasteiger partial charge in [-0.25, -0.2) is 4.98 Å². The number of piperazine rings is 1. The van der Waals surface area contributed by atoms with Crippen LogP contribution >= 0.6 is 11.6 Å². The van der Waals surface area contributed by atoms with Gasteiger partial charge >= 0.3 is 0 Å². The first-order valence-electron chi connectivity index (χ1n) is 10.9. The van der Waals surface area contributed by atoms with Crippen LogP contribution < -0.4 is 15.0 Å². The molecule has 3 heterocycles. The van der Waals surface area contributed by atoms with Gasteiger partial charge in [0.2, 0.25) is 5.91 Å². The van der Waals surface area contributed by atoms with E-state index in [1.807, 2.05) is 24.9 Å². The molecule has 1 unspecified atom stereocenters. The Morgan fingerprint density at radius 2 is 1.91 bits per heavy atom. The van der Waals surface area contributed by atoms with E-state index in [0.29, 0.717) is 54.6 Å². The number of hydrogen-bond acceptors (Lipinski definition) is 5. The zero-order valence-electron chi connectivity index (χ0n) is 18.9. The lowest BCUT2D eigenvalue weighted by molar-refractivity contribution is -0.120. The fourth-order valence-corrected chi connectivity index (χ4v) is 4.95. The molecule has 1 N–H and O–H groups in total. The Labute approximate surface area is 193 Å². The molecule has 2 amide bonds. The lowest BCUT2D eigenvalue weighted by Crippen LogP contribution is -2.49. The summed E-state index contributed by atoms with van der Waals surface area (Å²) >= 11 is 6.56. The van der Waals surface area contributed by atoms with Gasteiger partial charge in [-0.1, -0.05) is 24.6 Å². The number of methoxy groups -OCH3 is 1. The van der Waals surface area contributed by atoms with E-state index in [9.17, 15) is 9.59 Å². The summed E-state index contributed by atoms with van der Waals surface area (Å²) in [6.45, 7) is 9.29. The summed E-state index contributed by atoms with van der Waals surface area (Å²) in [6, 6.07) is 5.52. The molecule has 4 rings (SSSR count). The van der Waals surface area contributed by atoms with Crippen LogP contribution in [0.15, 0.2) is 24.4 Å². The SMILES string of the molecule is COc1cc([C@@H]2C(=O)NCC2C)c(Cl)cc1C(=O)N1CCN(c2ncc(C)cc2C)CC1. The van der Waals surface area contributed by atoms with E-state index in [0.717, 1.165) is 16.9 Å². The third kappa shape index (κ3) is 4.13. The van der Waals surface area contributed by atoms with Crippen molar-refractivity contribution in [2.45, 2.75) is 26.7 Å². The Bertz CT molecular complexity index is 1050. The van der Waals surface area contributed by atoms with Gasteiger partial charge in [0.05, 0.1) is 18.6 Å². The largest absolute Gasteiger partial charge is 0.496 e. The number of rotatable bonds is 4. The van der Waals surface area contributed by atoms with Crippen LogP contribution in [0.3, 0.4) is 0 Å². The van der Waals surface area contributed by atoms with Crippen LogP contribution in [0.25, 0.3) is 0 Å². The monoisotopic (exact) mass is 456 g/mol. The fourth-order valence-electron chi connectivity index (χ4n) is 4.67. The molecule has 2 fully saturated rings. The number of ether oxygens (including phenoxy) is 1. The Morgan fingerprint density at radius 1 is 1.19 bits per heavy atom. The molecule has 1 aromatic carbocycles. The number of aryl methyl sites for hydroxylation is 2. The molecule has 2 atom stereocenters. The number of pyridine rings is 1. The van der Waals surface area contributed by atoms with Crippen LogP contribution in [0.5, 0.6) is 5.75 Å². The van der Waals surface area contributed by atoms with Crippen molar-refractivity contribution in [3.63, 3.8) is 0 Å². The van der Waals surface area contributed by atoms with Crippen molar-refractivity contribution < 1.29 is 14.3 Å². The summed E-state index contributed by atoms with van der Waals surface area (Å²) in [5.41, 5.74) is 3.40. The molecule has 2 aliphatic heterocycles. The summed E-state index contributed by atoms with van der Waals surface area (Å²) in [6.07, 6.45) is 1.87. The molecule has 0 aliphatic carbocycles. The van der Waals surface area contributed by atoms with Crippen molar-refractivity contribution in [1.29, 1.82) is 0 Å². The second-order valence-corrected chi connectivity index (χ2v) is 9.11. The summed E-state index contributed by atoms with van der Waals surface area (Å²) in [5, 5.41) is 3.29. The van der Waals surface area contributed by atoms with Gasteiger partial charge in [-0.2, -0.15) is 0 Å². The number of benzene rings is 1. The summed E-state index contributed by atoms with van der Waals surface area (Å²) in [4.78, 5) is 34.2. The van der Waals surface area contributed by atoms with Crippen molar-refractivity contribution >= 4 is 29.2 Å². The highest BCUT2D eigenvalue weighted by atomic mass is 35.5. The molecular weight excluding hydrogens is 428 g/mol. The number of nitrogens with zero attached hydrogens (tertiary/aromatic N) is 3. The minimum Gasteiger partial charge on any atom is -0.496 e. The van der Waals surface area contributed by atoms with E-state index in [1.165, 1.54) is 7.11 Å². The van der Waals surface area contributed by atoms with Gasteiger partial charge in [0.1, 0.15) is 11.6 Å². The van der Waals surface area contributed by atoms with Gasteiger partial charge in [-0.05, 0) is 48.6 Å². The van der Waals surface area contributed by atoms with E-state index in [4.69, 9.17) is 16.3 Å². The zero-order valence-corrected chi connectivity index (χ0v) is 19.7. The van der Waals surface area contributed by atoms with E-state index >= 15 is 0 Å². The summed E-state index contributed by atoms with van der Waals surface area (Å²) in [7, 11) is 1.53. The number of hydrogen-bond donors (Lipinski definition) is 1. The average Bonchev–Trinajstić information content (AvgIpc) is 3.11. The van der Waals surface area contributed by atoms with Gasteiger partial charge in [0, 0.05) is 43.9 Å². The van der Waals surface area contributed by atoms with Crippen LogP contribution in [-0.4, -0.2) is 61.5 Å². The van der Waals surface area contributed by atoms with E-state index in [-0.39, 0.29) is 23.7 Å². The summed E-state index contributed by atoms with van der Waals surface area (Å²) in [5.74, 6) is 1.04. The maximum atomic E-state index is 13.3. The predicted molar refractivity (Wildman–Crippen MR) is 125 cm³/mol. The lowest BCUT2D eigenvalue weighted by atomic mass is 9.88. The fraction of sp³-hybridized carbons (Fsp3) is 0.458. The van der Waals surface area contributed by atoms with Crippen LogP contribution in [0, 0.1) is 19.8 Å². The van der Waals surface area contributed by atoms with Crippen molar-refractivity contribution in [2.24, 2.45) is 5.92 Å². The van der Waals surface area contributed by atoms with Crippen molar-refractivity contribution in [1.82, 2.24) is 15.2 Å². The Balaban J connectivity index is 1.52. The lowest BCUT2D eigenvalue weighted by Gasteiger charge is -2.36. The van der Waals surface area contributed by atoms with Crippen molar-refractivity contribution in [3.8, 4) is 5.75 Å². The topological polar surface area (TPSA) is 74.8 Å². The first-order chi connectivity index (χ1) is 15.3. The van der Waals surface area contributed by atoms with E-state index < -0.39 is 0 Å². The molecule has 1 aromatic heterocycles. The molecular formula is C24H29ClN4O3. The third-order valence-corrected chi connectivity index (χ3v) is 6.72. The minimum atomic E-state index is -0.339. The van der Waals surface area contributed by atoms with E-state index in [1.54, 1.807) is 12.1 Å². The molecule has 2 saturated heterocycles. The first-order valence-corrected chi connectivity index (χ1v) is 11.3. The Hall–Kier alpha value is -2.80. The van der Waals surface area contributed by atoms with Gasteiger partial charge in [0.25, 0.3) is 5.91 Å². The number of carbonyl (C=O) groups excluding carboxylic acids is 2. The van der Waals surface area contributed by atoms with Gasteiger partial charge in [-0.15, -0.1) is 0 Å². The van der Waals surface area contributed by atoms with Gasteiger partial charge in [0.15, 0.2) is 0 Å². The van der Waals surface area contributed by atoms with Crippen LogP contribution in [0.1, 0.15) is 39.9 Å². The molecule has 0 radical (unpaired) electrons. The predicted octanol–water partition coefficient (Wildman–Crippen LogP) is 3.17. The number of halogens is 1. The van der Waals surface area contributed by atoms with Gasteiger partial charge in [-0.3, -0.25) is 9.59 Å². The second kappa shape index (κ2) is 8.98. The molecule has 0 spiro atoms. The Morgan fingerprint density at radius 3 is 2.50 bits per heavy atom. The van der Waals surface area contributed by atoms with Crippen LogP contribution in [0.2, 0.25) is 5.02 Å². The highest BCUT2D eigenvalue weighted by Crippen LogP contribution is 2.38. The zero-order chi connectivity index (χ0) is 23.0. The van der Waals surface area contributed by atoms with Crippen molar-refractivity contribution in [3.05, 3.63) is 51.7 Å². The van der Waals surface area contributed by atoms with Crippen LogP contribution in [0.4, 0.5) is 5.82 Å². The quantitative estimate of drug-likeness (QED) is 0.764. The second-order valence-electron chi connectivity index (χ2n) is 8.71. The average molecular weight is 457 g/mol.